The number of fused-ring (bicyclic) bond motifs is 1. The molecule has 1 aromatic carbocycles. The molecule has 12 heavy (non-hydrogen) atoms. The zero-order valence-electron chi connectivity index (χ0n) is 6.07. The van der Waals surface area contributed by atoms with Gasteiger partial charge in [0, 0.05) is 0 Å². The van der Waals surface area contributed by atoms with Gasteiger partial charge >= 0.3 is 12.5 Å². The van der Waals surface area contributed by atoms with Gasteiger partial charge < -0.3 is 9.72 Å². The highest BCUT2D eigenvalue weighted by atomic mass is 16.5. The van der Waals surface area contributed by atoms with Crippen molar-refractivity contribution in [3.05, 3.63) is 24.3 Å². The Kier molecular flexibility index (Phi) is 1.51. The molecule has 1 heterocycles. The van der Waals surface area contributed by atoms with E-state index < -0.39 is 0 Å². The number of carbonyl (C=O) groups excluding carboxylic acids is 1. The Hall–Kier alpha value is -1.84. The van der Waals surface area contributed by atoms with Gasteiger partial charge in [0.05, 0.1) is 11.0 Å². The molecule has 1 N–H and O–H groups in total. The summed E-state index contributed by atoms with van der Waals surface area (Å²) >= 11 is 0. The zero-order valence-corrected chi connectivity index (χ0v) is 6.07. The maximum absolute atomic E-state index is 9.84. The molecule has 0 saturated carbocycles. The van der Waals surface area contributed by atoms with Crippen molar-refractivity contribution in [3.8, 4) is 6.01 Å². The van der Waals surface area contributed by atoms with Gasteiger partial charge in [-0.05, 0) is 12.1 Å². The lowest BCUT2D eigenvalue weighted by Crippen LogP contribution is -1.88. The van der Waals surface area contributed by atoms with Crippen molar-refractivity contribution in [3.63, 3.8) is 0 Å². The van der Waals surface area contributed by atoms with Crippen LogP contribution in [0.25, 0.3) is 11.0 Å². The van der Waals surface area contributed by atoms with Crippen LogP contribution in [0.4, 0.5) is 0 Å². The number of H-pyrrole nitrogens is 1. The van der Waals surface area contributed by atoms with Gasteiger partial charge in [-0.15, -0.1) is 0 Å². The lowest BCUT2D eigenvalue weighted by atomic mass is 10.3. The molecule has 1 radical (unpaired) electrons. The number of hydrogen-bond donors (Lipinski definition) is 1. The fourth-order valence-corrected chi connectivity index (χ4v) is 1.02. The van der Waals surface area contributed by atoms with Crippen LogP contribution in [0.1, 0.15) is 0 Å². The summed E-state index contributed by atoms with van der Waals surface area (Å²) in [7, 11) is 0. The number of nitrogens with one attached hydrogen (secondary N) is 1. The largest absolute Gasteiger partial charge is 0.425 e. The summed E-state index contributed by atoms with van der Waals surface area (Å²) in [6, 6.07) is 7.57. The van der Waals surface area contributed by atoms with Crippen LogP contribution in [-0.2, 0) is 4.79 Å². The first kappa shape index (κ1) is 6.84. The summed E-state index contributed by atoms with van der Waals surface area (Å²) in [5.41, 5.74) is 1.60. The molecule has 0 aliphatic heterocycles. The van der Waals surface area contributed by atoms with E-state index in [4.69, 9.17) is 0 Å². The maximum Gasteiger partial charge on any atom is 0.425 e. The van der Waals surface area contributed by atoms with Crippen molar-refractivity contribution in [2.24, 2.45) is 0 Å². The minimum absolute atomic E-state index is 0.172. The summed E-state index contributed by atoms with van der Waals surface area (Å²) in [6.45, 7) is 1.30. The molecule has 4 heteroatoms. The molecule has 0 unspecified atom stereocenters. The Morgan fingerprint density at radius 1 is 1.42 bits per heavy atom. The van der Waals surface area contributed by atoms with Crippen molar-refractivity contribution < 1.29 is 9.53 Å². The van der Waals surface area contributed by atoms with Crippen LogP contribution in [0.5, 0.6) is 6.01 Å². The topological polar surface area (TPSA) is 55.0 Å². The lowest BCUT2D eigenvalue weighted by Gasteiger charge is -1.83. The fourth-order valence-electron chi connectivity index (χ4n) is 1.02. The zero-order chi connectivity index (χ0) is 8.39. The van der Waals surface area contributed by atoms with Gasteiger partial charge in [0.2, 0.25) is 0 Å². The van der Waals surface area contributed by atoms with E-state index in [0.29, 0.717) is 0 Å². The second-order valence-electron chi connectivity index (χ2n) is 2.24. The number of hydrogen-bond acceptors (Lipinski definition) is 3. The quantitative estimate of drug-likeness (QED) is 0.715. The van der Waals surface area contributed by atoms with Crippen LogP contribution in [0.15, 0.2) is 24.3 Å². The monoisotopic (exact) mass is 161 g/mol. The molecule has 2 rings (SSSR count). The van der Waals surface area contributed by atoms with E-state index in [9.17, 15) is 4.79 Å². The third-order valence-electron chi connectivity index (χ3n) is 1.51. The molecule has 0 bridgehead atoms. The van der Waals surface area contributed by atoms with Crippen LogP contribution in [0.2, 0.25) is 0 Å². The van der Waals surface area contributed by atoms with E-state index in [1.54, 1.807) is 0 Å². The Morgan fingerprint density at radius 2 is 2.25 bits per heavy atom. The van der Waals surface area contributed by atoms with E-state index in [2.05, 4.69) is 14.7 Å². The van der Waals surface area contributed by atoms with Crippen molar-refractivity contribution >= 4 is 17.5 Å². The Bertz CT molecular complexity index is 375. The number of benzene rings is 1. The molecule has 4 nitrogen and oxygen atoms in total. The summed E-state index contributed by atoms with van der Waals surface area (Å²) in [5, 5.41) is 0. The highest BCUT2D eigenvalue weighted by molar-refractivity contribution is 5.75. The van der Waals surface area contributed by atoms with Gasteiger partial charge in [0.15, 0.2) is 0 Å². The number of rotatable bonds is 2. The van der Waals surface area contributed by atoms with E-state index in [1.807, 2.05) is 24.3 Å². The van der Waals surface area contributed by atoms with Gasteiger partial charge in [-0.2, -0.15) is 4.98 Å². The number of imidazole rings is 1. The second-order valence-corrected chi connectivity index (χ2v) is 2.24. The van der Waals surface area contributed by atoms with E-state index in [1.165, 1.54) is 6.47 Å². The minimum Gasteiger partial charge on any atom is -0.384 e. The minimum atomic E-state index is 0.172. The Labute approximate surface area is 68.2 Å². The highest BCUT2D eigenvalue weighted by Gasteiger charge is 2.00. The standard InChI is InChI=1S/C8H5N2O2/c11-5-12-8-9-6-3-1-2-4-7(6)10-8/h1-4H,(H,9,10). The van der Waals surface area contributed by atoms with Crippen molar-refractivity contribution in [1.29, 1.82) is 0 Å². The number of aromatic nitrogens is 2. The summed E-state index contributed by atoms with van der Waals surface area (Å²) < 4.78 is 4.42. The molecule has 1 aromatic heterocycles. The molecular formula is C8H5N2O2. The molecular weight excluding hydrogens is 156 g/mol. The third kappa shape index (κ3) is 1.03. The van der Waals surface area contributed by atoms with Crippen LogP contribution in [0.3, 0.4) is 0 Å². The van der Waals surface area contributed by atoms with E-state index in [-0.39, 0.29) is 6.01 Å². The van der Waals surface area contributed by atoms with Crippen LogP contribution >= 0.6 is 0 Å². The van der Waals surface area contributed by atoms with Crippen molar-refractivity contribution in [2.45, 2.75) is 0 Å². The number of para-hydroxylation sites is 2. The summed E-state index contributed by atoms with van der Waals surface area (Å²) in [6.07, 6.45) is 0. The van der Waals surface area contributed by atoms with E-state index in [0.717, 1.165) is 11.0 Å². The summed E-state index contributed by atoms with van der Waals surface area (Å²) in [4.78, 5) is 16.6. The van der Waals surface area contributed by atoms with E-state index >= 15 is 0 Å². The maximum atomic E-state index is 9.84. The predicted molar refractivity (Wildman–Crippen MR) is 42.4 cm³/mol. The average Bonchev–Trinajstić information content (AvgIpc) is 2.47. The number of nitrogens with zero attached hydrogens (tertiary/aromatic N) is 1. The molecule has 0 spiro atoms. The Morgan fingerprint density at radius 3 is 3.00 bits per heavy atom. The molecule has 2 aromatic rings. The molecule has 0 saturated heterocycles. The van der Waals surface area contributed by atoms with Gasteiger partial charge in [0.1, 0.15) is 0 Å². The summed E-state index contributed by atoms with van der Waals surface area (Å²) in [5.74, 6) is 0. The normalized spacial score (nSPS) is 10.0. The van der Waals surface area contributed by atoms with Gasteiger partial charge in [-0.1, -0.05) is 12.1 Å². The van der Waals surface area contributed by atoms with Crippen molar-refractivity contribution in [2.75, 3.05) is 0 Å². The number of ether oxygens (including phenoxy) is 1. The smallest absolute Gasteiger partial charge is 0.384 e. The average molecular weight is 161 g/mol. The third-order valence-corrected chi connectivity index (χ3v) is 1.51. The highest BCUT2D eigenvalue weighted by Crippen LogP contribution is 2.13. The molecule has 59 valence electrons. The number of aromatic amines is 1. The first-order valence-corrected chi connectivity index (χ1v) is 3.39. The van der Waals surface area contributed by atoms with Crippen LogP contribution in [-0.4, -0.2) is 16.4 Å². The van der Waals surface area contributed by atoms with Gasteiger partial charge in [-0.25, -0.2) is 4.79 Å². The molecule has 0 amide bonds. The first-order valence-electron chi connectivity index (χ1n) is 3.39. The lowest BCUT2D eigenvalue weighted by molar-refractivity contribution is 0.426. The SMILES string of the molecule is O=[C]Oc1nc2ccccc2[nH]1. The second kappa shape index (κ2) is 2.65. The molecule has 0 fully saturated rings. The van der Waals surface area contributed by atoms with Gasteiger partial charge in [0.25, 0.3) is 0 Å². The predicted octanol–water partition coefficient (Wildman–Crippen LogP) is 1.01. The first-order chi connectivity index (χ1) is 5.90. The molecule has 0 aliphatic carbocycles. The Balaban J connectivity index is 2.54. The van der Waals surface area contributed by atoms with Crippen molar-refractivity contribution in [1.82, 2.24) is 9.97 Å². The molecule has 0 atom stereocenters. The van der Waals surface area contributed by atoms with Gasteiger partial charge in [-0.3, -0.25) is 0 Å². The molecule has 0 aliphatic rings. The van der Waals surface area contributed by atoms with Crippen LogP contribution in [0, 0.1) is 0 Å². The fraction of sp³-hybridized carbons (Fsp3) is 0. The van der Waals surface area contributed by atoms with Crippen LogP contribution < -0.4 is 4.74 Å².